The van der Waals surface area contributed by atoms with Crippen LogP contribution in [0.2, 0.25) is 0 Å². The van der Waals surface area contributed by atoms with Gasteiger partial charge in [-0.15, -0.1) is 0 Å². The zero-order chi connectivity index (χ0) is 26.7. The highest BCUT2D eigenvalue weighted by atomic mass is 32.2. The summed E-state index contributed by atoms with van der Waals surface area (Å²) in [5, 5.41) is 9.30. The van der Waals surface area contributed by atoms with E-state index >= 15 is 0 Å². The smallest absolute Gasteiger partial charge is 0.263 e. The van der Waals surface area contributed by atoms with Gasteiger partial charge in [-0.2, -0.15) is 5.26 Å². The van der Waals surface area contributed by atoms with Crippen LogP contribution in [-0.2, 0) is 14.8 Å². The van der Waals surface area contributed by atoms with E-state index in [1.54, 1.807) is 48.4 Å². The van der Waals surface area contributed by atoms with Gasteiger partial charge in [-0.05, 0) is 73.7 Å². The lowest BCUT2D eigenvalue weighted by molar-refractivity contribution is -0.117. The van der Waals surface area contributed by atoms with E-state index in [1.165, 1.54) is 25.0 Å². The van der Waals surface area contributed by atoms with Gasteiger partial charge in [0.05, 0.1) is 24.5 Å². The van der Waals surface area contributed by atoms with Crippen LogP contribution < -0.4 is 19.1 Å². The number of amides is 1. The van der Waals surface area contributed by atoms with Gasteiger partial charge in [0.2, 0.25) is 5.91 Å². The zero-order valence-corrected chi connectivity index (χ0v) is 21.9. The first-order valence-electron chi connectivity index (χ1n) is 12.6. The summed E-state index contributed by atoms with van der Waals surface area (Å²) in [7, 11) is -2.36. The van der Waals surface area contributed by atoms with Crippen LogP contribution in [0.15, 0.2) is 71.6 Å². The summed E-state index contributed by atoms with van der Waals surface area (Å²) in [4.78, 5) is 14.6. The van der Waals surface area contributed by atoms with Gasteiger partial charge in [-0.1, -0.05) is 24.3 Å². The minimum absolute atomic E-state index is 0.0396. The topological polar surface area (TPSA) is 109 Å². The van der Waals surface area contributed by atoms with Crippen LogP contribution in [0.5, 0.6) is 11.5 Å². The molecule has 1 atom stereocenters. The first kappa shape index (κ1) is 25.6. The van der Waals surface area contributed by atoms with Crippen LogP contribution in [0, 0.1) is 11.3 Å². The van der Waals surface area contributed by atoms with Crippen molar-refractivity contribution in [3.8, 4) is 17.6 Å². The van der Waals surface area contributed by atoms with Gasteiger partial charge in [0.1, 0.15) is 11.0 Å². The van der Waals surface area contributed by atoms with E-state index in [0.717, 1.165) is 18.4 Å². The predicted octanol–water partition coefficient (Wildman–Crippen LogP) is 5.21. The van der Waals surface area contributed by atoms with E-state index in [1.807, 2.05) is 24.3 Å². The molecule has 1 saturated carbocycles. The molecule has 1 aliphatic heterocycles. The predicted molar refractivity (Wildman–Crippen MR) is 144 cm³/mol. The monoisotopic (exact) mass is 531 g/mol. The number of hydrogen-bond donors (Lipinski definition) is 1. The van der Waals surface area contributed by atoms with Crippen molar-refractivity contribution >= 4 is 27.3 Å². The third kappa shape index (κ3) is 5.31. The molecule has 1 N–H and O–H groups in total. The van der Waals surface area contributed by atoms with E-state index in [4.69, 9.17) is 9.47 Å². The number of methoxy groups -OCH3 is 1. The normalized spacial score (nSPS) is 17.8. The summed E-state index contributed by atoms with van der Waals surface area (Å²) in [6, 6.07) is 20.5. The quantitative estimate of drug-likeness (QED) is 0.427. The number of nitriles is 1. The maximum absolute atomic E-state index is 13.0. The van der Waals surface area contributed by atoms with E-state index in [2.05, 4.69) is 4.72 Å². The molecule has 1 heterocycles. The second kappa shape index (κ2) is 10.8. The molecule has 0 spiro atoms. The number of carbonyl (C=O) groups is 1. The first-order valence-corrected chi connectivity index (χ1v) is 14.1. The summed E-state index contributed by atoms with van der Waals surface area (Å²) in [5.41, 5.74) is 1.97. The van der Waals surface area contributed by atoms with Crippen molar-refractivity contribution in [3.05, 3.63) is 77.9 Å². The molecule has 9 heteroatoms. The van der Waals surface area contributed by atoms with E-state index in [9.17, 15) is 18.5 Å². The number of ether oxygens (including phenoxy) is 2. The fourth-order valence-electron chi connectivity index (χ4n) is 5.15. The van der Waals surface area contributed by atoms with Gasteiger partial charge in [0, 0.05) is 24.6 Å². The van der Waals surface area contributed by atoms with Crippen LogP contribution >= 0.6 is 0 Å². The van der Waals surface area contributed by atoms with Gasteiger partial charge in [0.25, 0.3) is 10.0 Å². The molecule has 1 unspecified atom stereocenters. The molecule has 3 aromatic carbocycles. The third-order valence-electron chi connectivity index (χ3n) is 7.09. The summed E-state index contributed by atoms with van der Waals surface area (Å²) in [5.74, 6) is 1.30. The minimum Gasteiger partial charge on any atom is -0.493 e. The van der Waals surface area contributed by atoms with Crippen molar-refractivity contribution in [2.45, 2.75) is 49.0 Å². The van der Waals surface area contributed by atoms with Crippen LogP contribution in [0.25, 0.3) is 0 Å². The van der Waals surface area contributed by atoms with Crippen molar-refractivity contribution in [2.75, 3.05) is 23.3 Å². The van der Waals surface area contributed by atoms with Gasteiger partial charge in [-0.25, -0.2) is 8.42 Å². The van der Waals surface area contributed by atoms with Crippen LogP contribution in [0.1, 0.15) is 49.1 Å². The molecule has 0 radical (unpaired) electrons. The Bertz CT molecular complexity index is 1490. The average molecular weight is 532 g/mol. The van der Waals surface area contributed by atoms with Crippen LogP contribution in [0.4, 0.5) is 11.4 Å². The number of nitrogens with zero attached hydrogens (tertiary/aromatic N) is 2. The maximum Gasteiger partial charge on any atom is 0.263 e. The first-order chi connectivity index (χ1) is 18.4. The fraction of sp³-hybridized carbons (Fsp3) is 0.310. The molecule has 2 aliphatic rings. The van der Waals surface area contributed by atoms with Crippen LogP contribution in [-0.4, -0.2) is 34.1 Å². The zero-order valence-electron chi connectivity index (χ0n) is 21.1. The molecule has 1 saturated heterocycles. The maximum atomic E-state index is 13.0. The molecule has 1 amide bonds. The Morgan fingerprint density at radius 2 is 1.79 bits per heavy atom. The molecule has 1 aliphatic carbocycles. The molecule has 0 aromatic heterocycles. The molecule has 3 aromatic rings. The SMILES string of the molecule is COc1ccc(C2CC(=O)N(c3cccc(NS(=O)(=O)c4ccccc4C#N)c3)C2)cc1OC1CCCC1. The van der Waals surface area contributed by atoms with E-state index in [0.29, 0.717) is 35.8 Å². The number of benzene rings is 3. The van der Waals surface area contributed by atoms with Crippen molar-refractivity contribution < 1.29 is 22.7 Å². The van der Waals surface area contributed by atoms with E-state index < -0.39 is 10.0 Å². The van der Waals surface area contributed by atoms with Crippen molar-refractivity contribution in [1.82, 2.24) is 0 Å². The van der Waals surface area contributed by atoms with Crippen molar-refractivity contribution in [3.63, 3.8) is 0 Å². The van der Waals surface area contributed by atoms with Gasteiger partial charge in [-0.3, -0.25) is 9.52 Å². The van der Waals surface area contributed by atoms with Crippen LogP contribution in [0.3, 0.4) is 0 Å². The number of nitrogens with one attached hydrogen (secondary N) is 1. The Balaban J connectivity index is 1.34. The average Bonchev–Trinajstić information content (AvgIpc) is 3.58. The standard InChI is InChI=1S/C29H29N3O5S/c1-36-26-14-13-20(15-27(26)37-25-10-3-4-11-25)22-16-29(33)32(19-22)24-9-6-8-23(17-24)31-38(34,35)28-12-5-2-7-21(28)18-30/h2,5-9,12-15,17,22,25,31H,3-4,10-11,16,19H2,1H3. The summed E-state index contributed by atoms with van der Waals surface area (Å²) in [6.45, 7) is 0.460. The summed E-state index contributed by atoms with van der Waals surface area (Å²) in [6.07, 6.45) is 4.92. The molecule has 0 bridgehead atoms. The highest BCUT2D eigenvalue weighted by molar-refractivity contribution is 7.92. The fourth-order valence-corrected chi connectivity index (χ4v) is 6.35. The number of carbonyl (C=O) groups excluding carboxylic acids is 1. The Labute approximate surface area is 222 Å². The van der Waals surface area contributed by atoms with Gasteiger partial charge in [0.15, 0.2) is 11.5 Å². The summed E-state index contributed by atoms with van der Waals surface area (Å²) < 4.78 is 40.2. The molecular formula is C29H29N3O5S. The molecule has 38 heavy (non-hydrogen) atoms. The Hall–Kier alpha value is -4.03. The highest BCUT2D eigenvalue weighted by Gasteiger charge is 2.33. The molecule has 196 valence electrons. The Morgan fingerprint density at radius 3 is 2.55 bits per heavy atom. The molecular weight excluding hydrogens is 502 g/mol. The highest BCUT2D eigenvalue weighted by Crippen LogP contribution is 2.38. The molecule has 5 rings (SSSR count). The minimum atomic E-state index is -3.99. The van der Waals surface area contributed by atoms with Crippen molar-refractivity contribution in [2.24, 2.45) is 0 Å². The third-order valence-corrected chi connectivity index (χ3v) is 8.53. The largest absolute Gasteiger partial charge is 0.493 e. The van der Waals surface area contributed by atoms with Gasteiger partial charge < -0.3 is 14.4 Å². The number of rotatable bonds is 8. The molecule has 8 nitrogen and oxygen atoms in total. The molecule has 2 fully saturated rings. The van der Waals surface area contributed by atoms with E-state index in [-0.39, 0.29) is 28.4 Å². The Kier molecular flexibility index (Phi) is 7.25. The van der Waals surface area contributed by atoms with Gasteiger partial charge >= 0.3 is 0 Å². The summed E-state index contributed by atoms with van der Waals surface area (Å²) >= 11 is 0. The van der Waals surface area contributed by atoms with Crippen molar-refractivity contribution in [1.29, 1.82) is 5.26 Å². The second-order valence-corrected chi connectivity index (χ2v) is 11.3. The number of sulfonamides is 1. The number of hydrogen-bond acceptors (Lipinski definition) is 6. The Morgan fingerprint density at radius 1 is 1.00 bits per heavy atom. The second-order valence-electron chi connectivity index (χ2n) is 9.60. The lowest BCUT2D eigenvalue weighted by atomic mass is 9.98. The number of anilines is 2. The lowest BCUT2D eigenvalue weighted by Gasteiger charge is -2.20. The lowest BCUT2D eigenvalue weighted by Crippen LogP contribution is -2.24.